The highest BCUT2D eigenvalue weighted by atomic mass is 32.2. The van der Waals surface area contributed by atoms with Crippen molar-refractivity contribution >= 4 is 50.8 Å². The van der Waals surface area contributed by atoms with Crippen LogP contribution in [0.2, 0.25) is 0 Å². The number of halogens is 4. The summed E-state index contributed by atoms with van der Waals surface area (Å²) in [6, 6.07) is 10.4. The first kappa shape index (κ1) is 35.6. The van der Waals surface area contributed by atoms with Gasteiger partial charge in [-0.05, 0) is 48.5 Å². The predicted octanol–water partition coefficient (Wildman–Crippen LogP) is 4.73. The van der Waals surface area contributed by atoms with Crippen LogP contribution in [-0.4, -0.2) is 63.8 Å². The third-order valence-electron chi connectivity index (χ3n) is 7.43. The van der Waals surface area contributed by atoms with Crippen molar-refractivity contribution in [3.05, 3.63) is 77.4 Å². The Kier molecular flexibility index (Phi) is 12.4. The molecule has 0 aliphatic carbocycles. The van der Waals surface area contributed by atoms with E-state index in [1.54, 1.807) is 0 Å². The van der Waals surface area contributed by atoms with E-state index in [1.807, 2.05) is 48.7 Å². The van der Waals surface area contributed by atoms with E-state index < -0.39 is 88.1 Å². The Balaban J connectivity index is 1.56. The zero-order chi connectivity index (χ0) is 33.4. The Hall–Kier alpha value is -3.21. The van der Waals surface area contributed by atoms with Crippen LogP contribution in [-0.2, 0) is 36.2 Å². The highest BCUT2D eigenvalue weighted by Gasteiger charge is 2.43. The van der Waals surface area contributed by atoms with Gasteiger partial charge in [0.15, 0.2) is 23.2 Å². The molecular formula is C31H32F4N2O7S2. The molecule has 3 aromatic rings. The number of benzene rings is 3. The fourth-order valence-electron chi connectivity index (χ4n) is 5.18. The maximum Gasteiger partial charge on any atom is 0.366 e. The van der Waals surface area contributed by atoms with E-state index in [2.05, 4.69) is 14.8 Å². The fourth-order valence-corrected chi connectivity index (χ4v) is 6.67. The lowest BCUT2D eigenvalue weighted by molar-refractivity contribution is -0.139. The molecule has 248 valence electrons. The van der Waals surface area contributed by atoms with Gasteiger partial charge in [0.05, 0.1) is 6.42 Å². The first-order valence-corrected chi connectivity index (χ1v) is 16.8. The van der Waals surface area contributed by atoms with Crippen molar-refractivity contribution in [3.63, 3.8) is 0 Å². The molecule has 46 heavy (non-hydrogen) atoms. The van der Waals surface area contributed by atoms with Gasteiger partial charge in [-0.3, -0.25) is 14.9 Å². The number of fused-ring (bicyclic) bond motifs is 1. The summed E-state index contributed by atoms with van der Waals surface area (Å²) in [6.45, 7) is -0.855. The van der Waals surface area contributed by atoms with Gasteiger partial charge in [0.2, 0.25) is 11.6 Å². The third kappa shape index (κ3) is 8.38. The van der Waals surface area contributed by atoms with Crippen LogP contribution >= 0.6 is 11.8 Å². The summed E-state index contributed by atoms with van der Waals surface area (Å²) in [5.41, 5.74) is -0.337. The molecule has 0 radical (unpaired) electrons. The van der Waals surface area contributed by atoms with Crippen molar-refractivity contribution in [3.8, 4) is 5.75 Å². The molecule has 0 spiro atoms. The molecule has 1 fully saturated rings. The zero-order valence-electron chi connectivity index (χ0n) is 24.7. The Labute approximate surface area is 269 Å². The molecule has 0 saturated carbocycles. The number of ether oxygens (including phenoxy) is 2. The number of thioether (sulfide) groups is 1. The minimum absolute atomic E-state index is 0.0485. The Bertz CT molecular complexity index is 1540. The minimum Gasteiger partial charge on any atom is -0.591 e. The maximum atomic E-state index is 14.0. The van der Waals surface area contributed by atoms with E-state index >= 15 is 0 Å². The molecule has 1 aliphatic rings. The number of ketones is 1. The molecule has 1 saturated heterocycles. The van der Waals surface area contributed by atoms with Gasteiger partial charge in [-0.2, -0.15) is 20.5 Å². The summed E-state index contributed by atoms with van der Waals surface area (Å²) >= 11 is -1.22. The summed E-state index contributed by atoms with van der Waals surface area (Å²) in [4.78, 5) is 38.1. The monoisotopic (exact) mass is 684 g/mol. The van der Waals surface area contributed by atoms with Crippen molar-refractivity contribution in [2.75, 3.05) is 25.2 Å². The van der Waals surface area contributed by atoms with Gasteiger partial charge in [-0.25, -0.2) is 13.6 Å². The molecule has 0 aromatic heterocycles. The highest BCUT2D eigenvalue weighted by Crippen LogP contribution is 2.38. The molecule has 3 N–H and O–H groups in total. The zero-order valence-corrected chi connectivity index (χ0v) is 26.3. The topological polar surface area (TPSA) is 137 Å². The SMILES string of the molecule is CSCC[C@H](NC1(c2cccc3ccccc23)CCCCO1)C(=O)[S+]([O-])N[C@@H](CC(=O)O)C(=O)COc1c(F)c(F)cc(F)c1F. The van der Waals surface area contributed by atoms with Crippen LogP contribution in [0.5, 0.6) is 5.75 Å². The van der Waals surface area contributed by atoms with Gasteiger partial charge in [0, 0.05) is 18.2 Å². The van der Waals surface area contributed by atoms with Crippen molar-refractivity contribution in [1.29, 1.82) is 0 Å². The molecular weight excluding hydrogens is 652 g/mol. The summed E-state index contributed by atoms with van der Waals surface area (Å²) in [7, 11) is 0. The predicted molar refractivity (Wildman–Crippen MR) is 164 cm³/mol. The first-order valence-electron chi connectivity index (χ1n) is 14.3. The van der Waals surface area contributed by atoms with E-state index in [0.29, 0.717) is 18.8 Å². The van der Waals surface area contributed by atoms with E-state index in [9.17, 15) is 41.6 Å². The van der Waals surface area contributed by atoms with Crippen molar-refractivity contribution in [2.45, 2.75) is 49.9 Å². The van der Waals surface area contributed by atoms with Crippen LogP contribution in [0.1, 0.15) is 37.7 Å². The van der Waals surface area contributed by atoms with E-state index in [0.717, 1.165) is 29.2 Å². The number of hydrogen-bond donors (Lipinski definition) is 3. The van der Waals surface area contributed by atoms with Gasteiger partial charge < -0.3 is 19.1 Å². The van der Waals surface area contributed by atoms with Gasteiger partial charge >= 0.3 is 11.1 Å². The average molecular weight is 685 g/mol. The molecule has 15 heteroatoms. The Morgan fingerprint density at radius 3 is 2.41 bits per heavy atom. The normalized spacial score (nSPS) is 18.6. The Morgan fingerprint density at radius 2 is 1.76 bits per heavy atom. The van der Waals surface area contributed by atoms with Crippen molar-refractivity contribution < 1.29 is 51.1 Å². The number of Topliss-reactive ketones (excluding diaryl/α,β-unsaturated/α-hetero) is 1. The lowest BCUT2D eigenvalue weighted by atomic mass is 9.89. The van der Waals surface area contributed by atoms with Crippen LogP contribution < -0.4 is 14.8 Å². The number of aliphatic carboxylic acids is 1. The third-order valence-corrected chi connectivity index (χ3v) is 9.22. The number of carboxylic acids is 1. The molecule has 0 bridgehead atoms. The van der Waals surface area contributed by atoms with E-state index in [1.165, 1.54) is 11.8 Å². The molecule has 0 amide bonds. The number of nitrogens with one attached hydrogen (secondary N) is 2. The van der Waals surface area contributed by atoms with Crippen LogP contribution in [0.15, 0.2) is 48.5 Å². The molecule has 2 unspecified atom stereocenters. The Morgan fingerprint density at radius 1 is 1.07 bits per heavy atom. The van der Waals surface area contributed by atoms with Crippen molar-refractivity contribution in [2.24, 2.45) is 0 Å². The van der Waals surface area contributed by atoms with Crippen LogP contribution in [0, 0.1) is 23.3 Å². The largest absolute Gasteiger partial charge is 0.591 e. The second kappa shape index (κ2) is 16.1. The first-order chi connectivity index (χ1) is 22.0. The van der Waals surface area contributed by atoms with Gasteiger partial charge in [0.1, 0.15) is 35.8 Å². The number of carbonyl (C=O) groups is 3. The molecule has 3 aromatic carbocycles. The summed E-state index contributed by atoms with van der Waals surface area (Å²) in [5, 5.41) is 13.6. The minimum atomic E-state index is -2.66. The number of hydrogen-bond acceptors (Lipinski definition) is 9. The highest BCUT2D eigenvalue weighted by molar-refractivity contribution is 8.04. The van der Waals surface area contributed by atoms with Gasteiger partial charge in [-0.1, -0.05) is 42.5 Å². The second-order valence-corrected chi connectivity index (χ2v) is 12.7. The summed E-state index contributed by atoms with van der Waals surface area (Å²) in [6.07, 6.45) is 3.10. The molecule has 1 heterocycles. The average Bonchev–Trinajstić information content (AvgIpc) is 3.04. The van der Waals surface area contributed by atoms with E-state index in [-0.39, 0.29) is 12.5 Å². The van der Waals surface area contributed by atoms with Gasteiger partial charge in [-0.15, -0.1) is 4.72 Å². The quantitative estimate of drug-likeness (QED) is 0.117. The van der Waals surface area contributed by atoms with Crippen LogP contribution in [0.3, 0.4) is 0 Å². The fraction of sp³-hybridized carbons (Fsp3) is 0.387. The van der Waals surface area contributed by atoms with E-state index in [4.69, 9.17) is 4.74 Å². The van der Waals surface area contributed by atoms with Crippen LogP contribution in [0.25, 0.3) is 10.8 Å². The molecule has 9 nitrogen and oxygen atoms in total. The number of carbonyl (C=O) groups excluding carboxylic acids is 2. The molecule has 4 rings (SSSR count). The van der Waals surface area contributed by atoms with Crippen molar-refractivity contribution in [1.82, 2.24) is 10.0 Å². The smallest absolute Gasteiger partial charge is 0.366 e. The van der Waals surface area contributed by atoms with Crippen LogP contribution in [0.4, 0.5) is 17.6 Å². The maximum absolute atomic E-state index is 14.0. The molecule has 1 aliphatic heterocycles. The number of carboxylic acid groups (broad SMARTS) is 1. The lowest BCUT2D eigenvalue weighted by Gasteiger charge is -2.41. The lowest BCUT2D eigenvalue weighted by Crippen LogP contribution is -2.57. The number of rotatable bonds is 15. The second-order valence-electron chi connectivity index (χ2n) is 10.5. The van der Waals surface area contributed by atoms with Gasteiger partial charge in [0.25, 0.3) is 0 Å². The molecule has 4 atom stereocenters. The summed E-state index contributed by atoms with van der Waals surface area (Å²) < 4.78 is 81.7. The summed E-state index contributed by atoms with van der Waals surface area (Å²) in [5.74, 6) is -11.1. The standard InChI is InChI=1S/C31H32F4N2O7S2/c1-45-14-11-23(36-31(12-4-5-13-44-31)20-10-6-8-18-7-2-3-9-19(18)20)30(41)46(42)37-24(16-26(39)40)25(38)17-43-29-27(34)21(32)15-22(33)28(29)35/h2-3,6-10,15,23-24,36-37H,4-5,11-14,16-17H2,1H3,(H,39,40)/t23-,24-,31?,46?/m0/s1.